The summed E-state index contributed by atoms with van der Waals surface area (Å²) in [6, 6.07) is 1.67. The highest BCUT2D eigenvalue weighted by atomic mass is 32.2. The molecule has 8 nitrogen and oxygen atoms in total. The summed E-state index contributed by atoms with van der Waals surface area (Å²) in [5.74, 6) is -1.07. The first kappa shape index (κ1) is 13.8. The number of aromatic carboxylic acids is 1. The van der Waals surface area contributed by atoms with Crippen LogP contribution in [0, 0.1) is 0 Å². The van der Waals surface area contributed by atoms with Crippen LogP contribution in [0.1, 0.15) is 42.1 Å². The fourth-order valence-electron chi connectivity index (χ4n) is 2.42. The van der Waals surface area contributed by atoms with Gasteiger partial charge in [-0.15, -0.1) is 5.10 Å². The summed E-state index contributed by atoms with van der Waals surface area (Å²) < 4.78 is 1.77. The van der Waals surface area contributed by atoms with Crippen LogP contribution in [-0.2, 0) is 0 Å². The molecule has 1 aliphatic carbocycles. The number of hydrogen-bond acceptors (Lipinski definition) is 7. The van der Waals surface area contributed by atoms with Gasteiger partial charge in [0.25, 0.3) is 0 Å². The Kier molecular flexibility index (Phi) is 3.74. The number of tetrazole rings is 1. The van der Waals surface area contributed by atoms with Crippen LogP contribution >= 0.6 is 11.8 Å². The third kappa shape index (κ3) is 2.82. The van der Waals surface area contributed by atoms with Crippen molar-refractivity contribution in [2.75, 3.05) is 5.73 Å². The number of nitrogen functional groups attached to an aromatic ring is 1. The highest BCUT2D eigenvalue weighted by Crippen LogP contribution is 2.34. The number of carboxylic acids is 1. The molecule has 110 valence electrons. The van der Waals surface area contributed by atoms with E-state index >= 15 is 0 Å². The van der Waals surface area contributed by atoms with E-state index in [2.05, 4.69) is 20.5 Å². The first-order chi connectivity index (χ1) is 10.1. The summed E-state index contributed by atoms with van der Waals surface area (Å²) in [5, 5.41) is 21.8. The van der Waals surface area contributed by atoms with Crippen molar-refractivity contribution < 1.29 is 9.90 Å². The molecular weight excluding hydrogens is 292 g/mol. The van der Waals surface area contributed by atoms with E-state index in [4.69, 9.17) is 5.73 Å². The molecule has 0 aliphatic heterocycles. The second kappa shape index (κ2) is 5.68. The third-order valence-electron chi connectivity index (χ3n) is 3.42. The van der Waals surface area contributed by atoms with Crippen LogP contribution in [0.25, 0.3) is 0 Å². The molecule has 0 atom stereocenters. The maximum absolute atomic E-state index is 11.3. The smallest absolute Gasteiger partial charge is 0.338 e. The summed E-state index contributed by atoms with van der Waals surface area (Å²) >= 11 is 1.15. The molecule has 2 aromatic heterocycles. The molecule has 9 heteroatoms. The van der Waals surface area contributed by atoms with Crippen molar-refractivity contribution in [3.63, 3.8) is 0 Å². The van der Waals surface area contributed by atoms with E-state index in [0.717, 1.165) is 37.4 Å². The third-order valence-corrected chi connectivity index (χ3v) is 4.39. The van der Waals surface area contributed by atoms with Gasteiger partial charge >= 0.3 is 5.97 Å². The molecule has 1 aliphatic rings. The van der Waals surface area contributed by atoms with E-state index in [1.807, 2.05) is 0 Å². The van der Waals surface area contributed by atoms with Crippen LogP contribution in [0.3, 0.4) is 0 Å². The van der Waals surface area contributed by atoms with Gasteiger partial charge in [-0.05, 0) is 41.1 Å². The van der Waals surface area contributed by atoms with Crippen molar-refractivity contribution >= 4 is 23.4 Å². The normalized spacial score (nSPS) is 15.4. The van der Waals surface area contributed by atoms with Gasteiger partial charge in [-0.1, -0.05) is 12.8 Å². The number of nitrogens with two attached hydrogens (primary N) is 1. The second-order valence-electron chi connectivity index (χ2n) is 4.87. The molecule has 1 saturated carbocycles. The van der Waals surface area contributed by atoms with Crippen LogP contribution in [0.5, 0.6) is 0 Å². The standard InChI is InChI=1S/C12H14N6O2S/c13-7-5-9(11(19)20)10(14-6-7)21-12-15-16-17-18(12)8-3-1-2-4-8/h5-6,8H,1-4,13H2,(H,19,20). The van der Waals surface area contributed by atoms with Gasteiger partial charge in [0.05, 0.1) is 23.5 Å². The van der Waals surface area contributed by atoms with Gasteiger partial charge in [-0.2, -0.15) is 0 Å². The lowest BCUT2D eigenvalue weighted by molar-refractivity contribution is 0.0692. The van der Waals surface area contributed by atoms with Gasteiger partial charge in [-0.3, -0.25) is 0 Å². The Bertz CT molecular complexity index is 668. The predicted molar refractivity (Wildman–Crippen MR) is 75.1 cm³/mol. The lowest BCUT2D eigenvalue weighted by atomic mass is 10.3. The summed E-state index contributed by atoms with van der Waals surface area (Å²) in [4.78, 5) is 15.4. The summed E-state index contributed by atoms with van der Waals surface area (Å²) in [6.45, 7) is 0. The Morgan fingerprint density at radius 2 is 2.19 bits per heavy atom. The minimum atomic E-state index is -1.07. The van der Waals surface area contributed by atoms with E-state index in [9.17, 15) is 9.90 Å². The average molecular weight is 306 g/mol. The van der Waals surface area contributed by atoms with Crippen LogP contribution < -0.4 is 5.73 Å². The molecular formula is C12H14N6O2S. The van der Waals surface area contributed by atoms with Crippen molar-refractivity contribution in [2.24, 2.45) is 0 Å². The van der Waals surface area contributed by atoms with Crippen molar-refractivity contribution in [3.05, 3.63) is 17.8 Å². The molecule has 1 fully saturated rings. The maximum atomic E-state index is 11.3. The summed E-state index contributed by atoms with van der Waals surface area (Å²) in [6.07, 6.45) is 5.84. The lowest BCUT2D eigenvalue weighted by Gasteiger charge is -2.11. The zero-order valence-corrected chi connectivity index (χ0v) is 12.0. The number of rotatable bonds is 4. The molecule has 0 spiro atoms. The van der Waals surface area contributed by atoms with E-state index < -0.39 is 5.97 Å². The highest BCUT2D eigenvalue weighted by Gasteiger charge is 2.23. The van der Waals surface area contributed by atoms with Crippen molar-refractivity contribution in [1.82, 2.24) is 25.2 Å². The molecule has 3 rings (SSSR count). The topological polar surface area (TPSA) is 120 Å². The number of hydrogen-bond donors (Lipinski definition) is 2. The fourth-order valence-corrected chi connectivity index (χ4v) is 3.31. The molecule has 0 saturated heterocycles. The minimum absolute atomic E-state index is 0.0565. The van der Waals surface area contributed by atoms with Crippen LogP contribution in [0.2, 0.25) is 0 Å². The van der Waals surface area contributed by atoms with E-state index in [-0.39, 0.29) is 11.6 Å². The van der Waals surface area contributed by atoms with E-state index in [1.165, 1.54) is 12.3 Å². The van der Waals surface area contributed by atoms with Gasteiger partial charge in [0.2, 0.25) is 5.16 Å². The molecule has 3 N–H and O–H groups in total. The van der Waals surface area contributed by atoms with Crippen LogP contribution in [0.15, 0.2) is 22.4 Å². The molecule has 0 bridgehead atoms. The number of nitrogens with zero attached hydrogens (tertiary/aromatic N) is 5. The summed E-state index contributed by atoms with van der Waals surface area (Å²) in [5.41, 5.74) is 5.96. The Balaban J connectivity index is 1.91. The Hall–Kier alpha value is -2.16. The van der Waals surface area contributed by atoms with Gasteiger partial charge in [0, 0.05) is 0 Å². The number of pyridine rings is 1. The number of aromatic nitrogens is 5. The first-order valence-corrected chi connectivity index (χ1v) is 7.41. The number of carbonyl (C=O) groups is 1. The van der Waals surface area contributed by atoms with Gasteiger partial charge in [0.1, 0.15) is 5.03 Å². The van der Waals surface area contributed by atoms with Gasteiger partial charge in [-0.25, -0.2) is 14.5 Å². The van der Waals surface area contributed by atoms with Crippen molar-refractivity contribution in [2.45, 2.75) is 41.9 Å². The van der Waals surface area contributed by atoms with Gasteiger partial charge in [0.15, 0.2) is 0 Å². The monoisotopic (exact) mass is 306 g/mol. The summed E-state index contributed by atoms with van der Waals surface area (Å²) in [7, 11) is 0. The molecule has 0 aromatic carbocycles. The largest absolute Gasteiger partial charge is 0.478 e. The highest BCUT2D eigenvalue weighted by molar-refractivity contribution is 7.99. The lowest BCUT2D eigenvalue weighted by Crippen LogP contribution is -2.09. The molecule has 2 aromatic rings. The van der Waals surface area contributed by atoms with E-state index in [0.29, 0.717) is 15.9 Å². The predicted octanol–water partition coefficient (Wildman–Crippen LogP) is 1.61. The van der Waals surface area contributed by atoms with Crippen molar-refractivity contribution in [1.29, 1.82) is 0 Å². The zero-order chi connectivity index (χ0) is 14.8. The van der Waals surface area contributed by atoms with Gasteiger partial charge < -0.3 is 10.8 Å². The SMILES string of the molecule is Nc1cnc(Sc2nnnn2C2CCCC2)c(C(=O)O)c1. The fraction of sp³-hybridized carbons (Fsp3) is 0.417. The van der Waals surface area contributed by atoms with Crippen molar-refractivity contribution in [3.8, 4) is 0 Å². The molecule has 0 radical (unpaired) electrons. The number of anilines is 1. The molecule has 21 heavy (non-hydrogen) atoms. The maximum Gasteiger partial charge on any atom is 0.338 e. The average Bonchev–Trinajstić information content (AvgIpc) is 3.11. The number of carboxylic acid groups (broad SMARTS) is 1. The zero-order valence-electron chi connectivity index (χ0n) is 11.1. The first-order valence-electron chi connectivity index (χ1n) is 6.59. The Morgan fingerprint density at radius 1 is 1.43 bits per heavy atom. The van der Waals surface area contributed by atoms with Crippen LogP contribution in [0.4, 0.5) is 5.69 Å². The molecule has 2 heterocycles. The molecule has 0 unspecified atom stereocenters. The Morgan fingerprint density at radius 3 is 2.90 bits per heavy atom. The second-order valence-corrected chi connectivity index (χ2v) is 5.83. The van der Waals surface area contributed by atoms with Crippen LogP contribution in [-0.4, -0.2) is 36.3 Å². The minimum Gasteiger partial charge on any atom is -0.478 e. The van der Waals surface area contributed by atoms with E-state index in [1.54, 1.807) is 4.68 Å². The molecule has 0 amide bonds. The quantitative estimate of drug-likeness (QED) is 0.874. The Labute approximate surface area is 124 Å².